The summed E-state index contributed by atoms with van der Waals surface area (Å²) in [5, 5.41) is 10.1. The Labute approximate surface area is 117 Å². The molecule has 5 heteroatoms. The number of halogens is 3. The maximum Gasteiger partial charge on any atom is 0.193 e. The first-order valence-corrected chi connectivity index (χ1v) is 6.33. The van der Waals surface area contributed by atoms with Crippen molar-refractivity contribution in [2.24, 2.45) is 0 Å². The summed E-state index contributed by atoms with van der Waals surface area (Å²) < 4.78 is 0.855. The maximum absolute atomic E-state index is 12.1. The number of carbonyl (C=O) groups excluding carboxylic acids is 1. The van der Waals surface area contributed by atoms with Crippen molar-refractivity contribution in [2.45, 2.75) is 6.42 Å². The molecule has 0 heterocycles. The highest BCUT2D eigenvalue weighted by atomic mass is 79.9. The molecular formula is C12H7BrCl2O2. The molecule has 17 heavy (non-hydrogen) atoms. The van der Waals surface area contributed by atoms with E-state index in [2.05, 4.69) is 15.9 Å². The molecule has 2 rings (SSSR count). The molecule has 1 N–H and O–H groups in total. The van der Waals surface area contributed by atoms with Crippen LogP contribution in [0.3, 0.4) is 0 Å². The molecule has 0 spiro atoms. The fourth-order valence-corrected chi connectivity index (χ4v) is 2.49. The Kier molecular flexibility index (Phi) is 3.61. The van der Waals surface area contributed by atoms with Gasteiger partial charge in [0.1, 0.15) is 5.75 Å². The van der Waals surface area contributed by atoms with Gasteiger partial charge in [0.25, 0.3) is 0 Å². The van der Waals surface area contributed by atoms with Gasteiger partial charge in [-0.25, -0.2) is 0 Å². The smallest absolute Gasteiger partial charge is 0.193 e. The number of carbonyl (C=O) groups is 1. The van der Waals surface area contributed by atoms with Gasteiger partial charge in [0.2, 0.25) is 0 Å². The van der Waals surface area contributed by atoms with Gasteiger partial charge in [0.05, 0.1) is 10.6 Å². The molecule has 1 aromatic rings. The summed E-state index contributed by atoms with van der Waals surface area (Å²) in [4.78, 5) is 12.1. The van der Waals surface area contributed by atoms with E-state index in [-0.39, 0.29) is 22.1 Å². The summed E-state index contributed by atoms with van der Waals surface area (Å²) in [7, 11) is 0. The second-order valence-electron chi connectivity index (χ2n) is 3.58. The van der Waals surface area contributed by atoms with Crippen LogP contribution in [0, 0.1) is 0 Å². The van der Waals surface area contributed by atoms with Crippen LogP contribution in [-0.2, 0) is 0 Å². The molecule has 88 valence electrons. The number of allylic oxidation sites excluding steroid dienone is 4. The van der Waals surface area contributed by atoms with Gasteiger partial charge in [-0.05, 0) is 24.6 Å². The number of benzene rings is 1. The number of phenols is 1. The van der Waals surface area contributed by atoms with Crippen molar-refractivity contribution in [1.82, 2.24) is 0 Å². The Bertz CT molecular complexity index is 562. The number of ketones is 1. The zero-order valence-electron chi connectivity index (χ0n) is 8.51. The van der Waals surface area contributed by atoms with Crippen LogP contribution in [0.15, 0.2) is 34.3 Å². The standard InChI is InChI=1S/C12H7BrCl2O2/c13-7-2-1-6(3-7)11(16)9-4-8(14)5-10(15)12(9)17/h2-5,17H,1H2. The Balaban J connectivity index is 2.42. The lowest BCUT2D eigenvalue weighted by atomic mass is 10.0. The number of aromatic hydroxyl groups is 1. The van der Waals surface area contributed by atoms with Gasteiger partial charge in [0, 0.05) is 15.1 Å². The van der Waals surface area contributed by atoms with Gasteiger partial charge in [-0.3, -0.25) is 4.79 Å². The number of hydrogen-bond donors (Lipinski definition) is 1. The number of Topliss-reactive ketones (excluding diaryl/α,β-unsaturated/α-hetero) is 1. The van der Waals surface area contributed by atoms with Crippen LogP contribution in [0.25, 0.3) is 0 Å². The summed E-state index contributed by atoms with van der Waals surface area (Å²) in [5.74, 6) is -0.498. The van der Waals surface area contributed by atoms with Crippen molar-refractivity contribution < 1.29 is 9.90 Å². The maximum atomic E-state index is 12.1. The molecule has 0 atom stereocenters. The third-order valence-corrected chi connectivity index (χ3v) is 3.45. The summed E-state index contributed by atoms with van der Waals surface area (Å²) in [6, 6.07) is 2.81. The minimum absolute atomic E-state index is 0.0754. The molecular weight excluding hydrogens is 327 g/mol. The highest BCUT2D eigenvalue weighted by Gasteiger charge is 2.20. The van der Waals surface area contributed by atoms with Crippen LogP contribution in [-0.4, -0.2) is 10.9 Å². The third kappa shape index (κ3) is 2.57. The normalized spacial score (nSPS) is 14.5. The van der Waals surface area contributed by atoms with E-state index < -0.39 is 0 Å². The molecule has 0 fully saturated rings. The topological polar surface area (TPSA) is 37.3 Å². The number of phenolic OH excluding ortho intramolecular Hbond substituents is 1. The van der Waals surface area contributed by atoms with Crippen molar-refractivity contribution in [1.29, 1.82) is 0 Å². The van der Waals surface area contributed by atoms with Crippen LogP contribution in [0.4, 0.5) is 0 Å². The molecule has 0 amide bonds. The SMILES string of the molecule is O=C(C1=CC(Br)=CC1)c1cc(Cl)cc(Cl)c1O. The van der Waals surface area contributed by atoms with E-state index in [9.17, 15) is 9.90 Å². The average Bonchev–Trinajstić information content (AvgIpc) is 2.69. The molecule has 0 aliphatic heterocycles. The van der Waals surface area contributed by atoms with Crippen molar-refractivity contribution in [3.8, 4) is 5.75 Å². The van der Waals surface area contributed by atoms with E-state index in [1.54, 1.807) is 6.08 Å². The van der Waals surface area contributed by atoms with Gasteiger partial charge in [-0.1, -0.05) is 45.2 Å². The lowest BCUT2D eigenvalue weighted by Gasteiger charge is -2.06. The van der Waals surface area contributed by atoms with Gasteiger partial charge in [-0.15, -0.1) is 0 Å². The van der Waals surface area contributed by atoms with E-state index in [1.807, 2.05) is 6.08 Å². The van der Waals surface area contributed by atoms with E-state index >= 15 is 0 Å². The van der Waals surface area contributed by atoms with Crippen molar-refractivity contribution in [3.63, 3.8) is 0 Å². The summed E-state index contributed by atoms with van der Waals surface area (Å²) in [6.07, 6.45) is 4.12. The lowest BCUT2D eigenvalue weighted by Crippen LogP contribution is -2.02. The minimum Gasteiger partial charge on any atom is -0.506 e. The fourth-order valence-electron chi connectivity index (χ4n) is 1.56. The highest BCUT2D eigenvalue weighted by Crippen LogP contribution is 2.34. The van der Waals surface area contributed by atoms with Gasteiger partial charge >= 0.3 is 0 Å². The van der Waals surface area contributed by atoms with Crippen molar-refractivity contribution >= 4 is 44.9 Å². The molecule has 0 saturated heterocycles. The predicted octanol–water partition coefficient (Wildman–Crippen LogP) is 4.49. The van der Waals surface area contributed by atoms with Crippen LogP contribution < -0.4 is 0 Å². The zero-order chi connectivity index (χ0) is 12.6. The van der Waals surface area contributed by atoms with Gasteiger partial charge in [-0.2, -0.15) is 0 Å². The van der Waals surface area contributed by atoms with Crippen LogP contribution >= 0.6 is 39.1 Å². The van der Waals surface area contributed by atoms with E-state index in [0.717, 1.165) is 4.48 Å². The van der Waals surface area contributed by atoms with E-state index in [1.165, 1.54) is 12.1 Å². The second-order valence-corrected chi connectivity index (χ2v) is 5.33. The van der Waals surface area contributed by atoms with Gasteiger partial charge in [0.15, 0.2) is 5.78 Å². The van der Waals surface area contributed by atoms with Crippen molar-refractivity contribution in [2.75, 3.05) is 0 Å². The molecule has 1 aromatic carbocycles. The summed E-state index contributed by atoms with van der Waals surface area (Å²) >= 11 is 14.9. The van der Waals surface area contributed by atoms with E-state index in [0.29, 0.717) is 17.0 Å². The molecule has 0 radical (unpaired) electrons. The first-order chi connectivity index (χ1) is 7.99. The Morgan fingerprint density at radius 3 is 2.65 bits per heavy atom. The van der Waals surface area contributed by atoms with Crippen LogP contribution in [0.1, 0.15) is 16.8 Å². The zero-order valence-corrected chi connectivity index (χ0v) is 11.6. The van der Waals surface area contributed by atoms with Gasteiger partial charge < -0.3 is 5.11 Å². The third-order valence-electron chi connectivity index (χ3n) is 2.39. The first kappa shape index (κ1) is 12.7. The fraction of sp³-hybridized carbons (Fsp3) is 0.0833. The first-order valence-electron chi connectivity index (χ1n) is 4.78. The number of hydrogen-bond acceptors (Lipinski definition) is 2. The Morgan fingerprint density at radius 2 is 2.06 bits per heavy atom. The molecule has 0 aromatic heterocycles. The van der Waals surface area contributed by atoms with Crippen LogP contribution in [0.2, 0.25) is 10.0 Å². The van der Waals surface area contributed by atoms with Crippen molar-refractivity contribution in [3.05, 3.63) is 49.9 Å². The average molecular weight is 334 g/mol. The molecule has 1 aliphatic carbocycles. The van der Waals surface area contributed by atoms with E-state index in [4.69, 9.17) is 23.2 Å². The molecule has 0 unspecified atom stereocenters. The minimum atomic E-state index is -0.266. The van der Waals surface area contributed by atoms with Crippen LogP contribution in [0.5, 0.6) is 5.75 Å². The quantitative estimate of drug-likeness (QED) is 0.809. The second kappa shape index (κ2) is 4.84. The summed E-state index contributed by atoms with van der Waals surface area (Å²) in [5.41, 5.74) is 0.717. The Morgan fingerprint density at radius 1 is 1.35 bits per heavy atom. The molecule has 0 saturated carbocycles. The highest BCUT2D eigenvalue weighted by molar-refractivity contribution is 9.11. The molecule has 1 aliphatic rings. The largest absolute Gasteiger partial charge is 0.506 e. The monoisotopic (exact) mass is 332 g/mol. The molecule has 2 nitrogen and oxygen atoms in total. The lowest BCUT2D eigenvalue weighted by molar-refractivity contribution is 0.103. The summed E-state index contributed by atoms with van der Waals surface area (Å²) in [6.45, 7) is 0. The predicted molar refractivity (Wildman–Crippen MR) is 72.2 cm³/mol. The number of rotatable bonds is 2. The molecule has 0 bridgehead atoms. The Hall–Kier alpha value is -0.770.